The van der Waals surface area contributed by atoms with Crippen LogP contribution in [-0.2, 0) is 12.8 Å². The van der Waals surface area contributed by atoms with Gasteiger partial charge in [-0.05, 0) is 47.1 Å². The second-order valence-corrected chi connectivity index (χ2v) is 5.33. The van der Waals surface area contributed by atoms with Crippen LogP contribution >= 0.6 is 0 Å². The monoisotopic (exact) mass is 284 g/mol. The van der Waals surface area contributed by atoms with Gasteiger partial charge in [0.2, 0.25) is 0 Å². The van der Waals surface area contributed by atoms with Crippen molar-refractivity contribution in [3.8, 4) is 11.1 Å². The molecule has 21 heavy (non-hydrogen) atoms. The molecule has 0 bridgehead atoms. The summed E-state index contributed by atoms with van der Waals surface area (Å²) in [4.78, 5) is 0. The summed E-state index contributed by atoms with van der Waals surface area (Å²) in [5.74, 6) is 0. The predicted molar refractivity (Wildman–Crippen MR) is 87.5 cm³/mol. The molecule has 2 nitrogen and oxygen atoms in total. The fourth-order valence-electron chi connectivity index (χ4n) is 2.82. The minimum Gasteiger partial charge on any atom is -0.394 e. The minimum absolute atomic E-state index is 0.125. The van der Waals surface area contributed by atoms with Crippen LogP contribution in [0.1, 0.15) is 36.5 Å². The maximum absolute atomic E-state index is 7.62. The SMILES string of the molecule is CCCCc1cccc2c1Cc1ccccc1-2.OCCO. The first kappa shape index (κ1) is 15.7. The van der Waals surface area contributed by atoms with Gasteiger partial charge in [-0.2, -0.15) is 0 Å². The van der Waals surface area contributed by atoms with Crippen molar-refractivity contribution in [1.29, 1.82) is 0 Å². The molecule has 2 aromatic carbocycles. The number of benzene rings is 2. The molecule has 1 aliphatic rings. The molecule has 0 unspecified atom stereocenters. The molecule has 1 aliphatic carbocycles. The van der Waals surface area contributed by atoms with Crippen LogP contribution in [0.5, 0.6) is 0 Å². The Morgan fingerprint density at radius 3 is 2.33 bits per heavy atom. The molecule has 0 radical (unpaired) electrons. The van der Waals surface area contributed by atoms with E-state index in [1.807, 2.05) is 0 Å². The van der Waals surface area contributed by atoms with Gasteiger partial charge < -0.3 is 10.2 Å². The average molecular weight is 284 g/mol. The third kappa shape index (κ3) is 3.72. The van der Waals surface area contributed by atoms with Crippen LogP contribution in [0.25, 0.3) is 11.1 Å². The number of hydrogen-bond acceptors (Lipinski definition) is 2. The molecular weight excluding hydrogens is 260 g/mol. The first-order valence-corrected chi connectivity index (χ1v) is 7.72. The van der Waals surface area contributed by atoms with E-state index >= 15 is 0 Å². The third-order valence-corrected chi connectivity index (χ3v) is 3.85. The number of fused-ring (bicyclic) bond motifs is 3. The van der Waals surface area contributed by atoms with Gasteiger partial charge in [-0.25, -0.2) is 0 Å². The highest BCUT2D eigenvalue weighted by Gasteiger charge is 2.19. The van der Waals surface area contributed by atoms with Crippen molar-refractivity contribution in [2.75, 3.05) is 13.2 Å². The van der Waals surface area contributed by atoms with Gasteiger partial charge in [-0.15, -0.1) is 0 Å². The molecule has 2 N–H and O–H groups in total. The Morgan fingerprint density at radius 1 is 0.905 bits per heavy atom. The van der Waals surface area contributed by atoms with E-state index in [4.69, 9.17) is 10.2 Å². The topological polar surface area (TPSA) is 40.5 Å². The molecule has 0 amide bonds. The summed E-state index contributed by atoms with van der Waals surface area (Å²) in [6.45, 7) is 2.01. The summed E-state index contributed by atoms with van der Waals surface area (Å²) in [5, 5.41) is 15.2. The maximum atomic E-state index is 7.62. The predicted octanol–water partition coefficient (Wildman–Crippen LogP) is 3.57. The Labute approximate surface area is 127 Å². The van der Waals surface area contributed by atoms with Crippen molar-refractivity contribution in [2.24, 2.45) is 0 Å². The van der Waals surface area contributed by atoms with E-state index in [0.717, 1.165) is 6.42 Å². The molecule has 2 heteroatoms. The summed E-state index contributed by atoms with van der Waals surface area (Å²) in [7, 11) is 0. The van der Waals surface area contributed by atoms with Crippen LogP contribution in [0.2, 0.25) is 0 Å². The lowest BCUT2D eigenvalue weighted by molar-refractivity contribution is 0.186. The average Bonchev–Trinajstić information content (AvgIpc) is 2.92. The van der Waals surface area contributed by atoms with Gasteiger partial charge in [0.25, 0.3) is 0 Å². The largest absolute Gasteiger partial charge is 0.394 e. The molecule has 0 heterocycles. The van der Waals surface area contributed by atoms with E-state index < -0.39 is 0 Å². The zero-order valence-electron chi connectivity index (χ0n) is 12.7. The summed E-state index contributed by atoms with van der Waals surface area (Å²) in [6.07, 6.45) is 4.93. The van der Waals surface area contributed by atoms with Crippen LogP contribution in [0.3, 0.4) is 0 Å². The van der Waals surface area contributed by atoms with Gasteiger partial charge in [0.05, 0.1) is 13.2 Å². The first-order valence-electron chi connectivity index (χ1n) is 7.72. The fourth-order valence-corrected chi connectivity index (χ4v) is 2.82. The molecular formula is C19H24O2. The van der Waals surface area contributed by atoms with Gasteiger partial charge in [0, 0.05) is 0 Å². The lowest BCUT2D eigenvalue weighted by atomic mass is 9.98. The highest BCUT2D eigenvalue weighted by Crippen LogP contribution is 2.38. The van der Waals surface area contributed by atoms with Crippen molar-refractivity contribution in [1.82, 2.24) is 0 Å². The Kier molecular flexibility index (Phi) is 5.97. The van der Waals surface area contributed by atoms with Crippen LogP contribution < -0.4 is 0 Å². The van der Waals surface area contributed by atoms with E-state index in [0.29, 0.717) is 0 Å². The lowest BCUT2D eigenvalue weighted by Gasteiger charge is -2.07. The molecule has 112 valence electrons. The number of rotatable bonds is 4. The van der Waals surface area contributed by atoms with Crippen molar-refractivity contribution in [3.05, 3.63) is 59.2 Å². The smallest absolute Gasteiger partial charge is 0.0662 e. The fraction of sp³-hybridized carbons (Fsp3) is 0.368. The van der Waals surface area contributed by atoms with Gasteiger partial charge in [-0.3, -0.25) is 0 Å². The Balaban J connectivity index is 0.000000361. The molecule has 0 aromatic heterocycles. The number of unbranched alkanes of at least 4 members (excludes halogenated alkanes) is 1. The zero-order chi connectivity index (χ0) is 15.1. The zero-order valence-corrected chi connectivity index (χ0v) is 12.7. The van der Waals surface area contributed by atoms with Crippen LogP contribution in [-0.4, -0.2) is 23.4 Å². The number of aryl methyl sites for hydroxylation is 1. The maximum Gasteiger partial charge on any atom is 0.0662 e. The number of aliphatic hydroxyl groups excluding tert-OH is 2. The van der Waals surface area contributed by atoms with Crippen molar-refractivity contribution >= 4 is 0 Å². The molecule has 0 fully saturated rings. The van der Waals surface area contributed by atoms with E-state index in [1.54, 1.807) is 11.1 Å². The van der Waals surface area contributed by atoms with E-state index in [-0.39, 0.29) is 13.2 Å². The normalized spacial score (nSPS) is 11.4. The molecule has 0 aliphatic heterocycles. The standard InChI is InChI=1S/C17H18.C2H6O2/c1-2-3-7-13-9-6-11-16-15-10-5-4-8-14(15)12-17(13)16;3-1-2-4/h4-6,8-11H,2-3,7,12H2,1H3;3-4H,1-2H2. The summed E-state index contributed by atoms with van der Waals surface area (Å²) in [6, 6.07) is 15.6. The molecule has 3 rings (SSSR count). The van der Waals surface area contributed by atoms with Gasteiger partial charge in [0.1, 0.15) is 0 Å². The van der Waals surface area contributed by atoms with Crippen LogP contribution in [0.4, 0.5) is 0 Å². The Morgan fingerprint density at radius 2 is 1.62 bits per heavy atom. The highest BCUT2D eigenvalue weighted by atomic mass is 16.3. The molecule has 0 saturated carbocycles. The lowest BCUT2D eigenvalue weighted by Crippen LogP contribution is -1.92. The quantitative estimate of drug-likeness (QED) is 0.769. The Bertz CT molecular complexity index is 574. The van der Waals surface area contributed by atoms with Crippen LogP contribution in [0, 0.1) is 0 Å². The summed E-state index contributed by atoms with van der Waals surface area (Å²) < 4.78 is 0. The van der Waals surface area contributed by atoms with E-state index in [2.05, 4.69) is 49.4 Å². The molecule has 0 spiro atoms. The molecule has 0 atom stereocenters. The van der Waals surface area contributed by atoms with E-state index in [1.165, 1.54) is 36.0 Å². The van der Waals surface area contributed by atoms with E-state index in [9.17, 15) is 0 Å². The first-order chi connectivity index (χ1) is 10.3. The third-order valence-electron chi connectivity index (χ3n) is 3.85. The van der Waals surface area contributed by atoms with Gasteiger partial charge in [0.15, 0.2) is 0 Å². The molecule has 0 saturated heterocycles. The molecule has 2 aromatic rings. The van der Waals surface area contributed by atoms with Crippen molar-refractivity contribution in [3.63, 3.8) is 0 Å². The highest BCUT2D eigenvalue weighted by molar-refractivity contribution is 5.77. The van der Waals surface area contributed by atoms with Gasteiger partial charge >= 0.3 is 0 Å². The second-order valence-electron chi connectivity index (χ2n) is 5.33. The van der Waals surface area contributed by atoms with Crippen LogP contribution in [0.15, 0.2) is 42.5 Å². The summed E-state index contributed by atoms with van der Waals surface area (Å²) >= 11 is 0. The number of hydrogen-bond donors (Lipinski definition) is 2. The van der Waals surface area contributed by atoms with Crippen molar-refractivity contribution in [2.45, 2.75) is 32.6 Å². The number of aliphatic hydroxyl groups is 2. The summed E-state index contributed by atoms with van der Waals surface area (Å²) in [5.41, 5.74) is 7.53. The van der Waals surface area contributed by atoms with Crippen molar-refractivity contribution < 1.29 is 10.2 Å². The Hall–Kier alpha value is -1.64. The second kappa shape index (κ2) is 7.96. The minimum atomic E-state index is -0.125. The van der Waals surface area contributed by atoms with Gasteiger partial charge in [-0.1, -0.05) is 55.8 Å².